The summed E-state index contributed by atoms with van der Waals surface area (Å²) in [5, 5.41) is 9.48. The SMILES string of the molecule is CC/C=C\C/C=C\C/C=C\CCCCCCOCC(CO)OC(=O)CCCCCCCCCCCC. The highest BCUT2D eigenvalue weighted by Crippen LogP contribution is 2.12. The van der Waals surface area contributed by atoms with Gasteiger partial charge in [0.25, 0.3) is 0 Å². The van der Waals surface area contributed by atoms with E-state index in [2.05, 4.69) is 50.3 Å². The fraction of sp³-hybridized carbons (Fsp3) is 0.781. The first-order valence-corrected chi connectivity index (χ1v) is 15.1. The van der Waals surface area contributed by atoms with E-state index < -0.39 is 6.10 Å². The lowest BCUT2D eigenvalue weighted by Gasteiger charge is -2.15. The number of allylic oxidation sites excluding steroid dienone is 6. The van der Waals surface area contributed by atoms with Gasteiger partial charge in [0, 0.05) is 13.0 Å². The number of hydrogen-bond donors (Lipinski definition) is 1. The molecule has 210 valence electrons. The number of carbonyl (C=O) groups excluding carboxylic acids is 1. The highest BCUT2D eigenvalue weighted by Gasteiger charge is 2.13. The van der Waals surface area contributed by atoms with Crippen molar-refractivity contribution < 1.29 is 19.4 Å². The summed E-state index contributed by atoms with van der Waals surface area (Å²) in [6, 6.07) is 0. The van der Waals surface area contributed by atoms with Crippen LogP contribution in [-0.4, -0.2) is 37.0 Å². The zero-order valence-corrected chi connectivity index (χ0v) is 23.8. The minimum absolute atomic E-state index is 0.180. The summed E-state index contributed by atoms with van der Waals surface area (Å²) in [5.74, 6) is -0.214. The molecule has 0 spiro atoms. The summed E-state index contributed by atoms with van der Waals surface area (Å²) < 4.78 is 11.0. The van der Waals surface area contributed by atoms with Crippen molar-refractivity contribution in [1.29, 1.82) is 0 Å². The van der Waals surface area contributed by atoms with Crippen molar-refractivity contribution in [3.05, 3.63) is 36.5 Å². The van der Waals surface area contributed by atoms with Crippen LogP contribution in [0, 0.1) is 0 Å². The Balaban J connectivity index is 3.51. The molecule has 0 fully saturated rings. The molecule has 0 aliphatic heterocycles. The zero-order valence-electron chi connectivity index (χ0n) is 23.8. The van der Waals surface area contributed by atoms with Crippen LogP contribution in [0.1, 0.15) is 136 Å². The van der Waals surface area contributed by atoms with Crippen molar-refractivity contribution in [3.8, 4) is 0 Å². The lowest BCUT2D eigenvalue weighted by atomic mass is 10.1. The molecule has 1 unspecified atom stereocenters. The second kappa shape index (κ2) is 29.8. The molecule has 0 aromatic carbocycles. The van der Waals surface area contributed by atoms with Gasteiger partial charge in [-0.05, 0) is 44.9 Å². The van der Waals surface area contributed by atoms with Crippen molar-refractivity contribution in [2.75, 3.05) is 19.8 Å². The highest BCUT2D eigenvalue weighted by atomic mass is 16.6. The van der Waals surface area contributed by atoms with Crippen molar-refractivity contribution in [2.24, 2.45) is 0 Å². The van der Waals surface area contributed by atoms with Gasteiger partial charge >= 0.3 is 5.97 Å². The normalized spacial score (nSPS) is 12.9. The maximum atomic E-state index is 12.0. The molecule has 0 aromatic rings. The van der Waals surface area contributed by atoms with Gasteiger partial charge in [0.15, 0.2) is 0 Å². The van der Waals surface area contributed by atoms with Crippen LogP contribution in [0.5, 0.6) is 0 Å². The fourth-order valence-electron chi connectivity index (χ4n) is 3.99. The number of carbonyl (C=O) groups is 1. The van der Waals surface area contributed by atoms with Crippen LogP contribution < -0.4 is 0 Å². The monoisotopic (exact) mass is 506 g/mol. The number of ether oxygens (including phenoxy) is 2. The molecule has 1 atom stereocenters. The molecule has 0 amide bonds. The molecule has 0 heterocycles. The maximum absolute atomic E-state index is 12.0. The Hall–Kier alpha value is -1.39. The van der Waals surface area contributed by atoms with Gasteiger partial charge in [0.1, 0.15) is 6.10 Å². The third-order valence-corrected chi connectivity index (χ3v) is 6.23. The van der Waals surface area contributed by atoms with Gasteiger partial charge in [-0.15, -0.1) is 0 Å². The Kier molecular flexibility index (Phi) is 28.7. The average Bonchev–Trinajstić information content (AvgIpc) is 2.88. The van der Waals surface area contributed by atoms with Gasteiger partial charge in [0.2, 0.25) is 0 Å². The predicted octanol–water partition coefficient (Wildman–Crippen LogP) is 9.03. The molecule has 4 nitrogen and oxygen atoms in total. The van der Waals surface area contributed by atoms with Crippen LogP contribution in [0.3, 0.4) is 0 Å². The van der Waals surface area contributed by atoms with Crippen LogP contribution in [0.2, 0.25) is 0 Å². The first-order valence-electron chi connectivity index (χ1n) is 15.1. The molecule has 0 aromatic heterocycles. The van der Waals surface area contributed by atoms with Crippen LogP contribution in [0.25, 0.3) is 0 Å². The Morgan fingerprint density at radius 2 is 1.25 bits per heavy atom. The molecular weight excluding hydrogens is 448 g/mol. The molecule has 4 heteroatoms. The number of aliphatic hydroxyl groups excluding tert-OH is 1. The van der Waals surface area contributed by atoms with E-state index in [-0.39, 0.29) is 19.2 Å². The van der Waals surface area contributed by atoms with Gasteiger partial charge in [-0.1, -0.05) is 121 Å². The summed E-state index contributed by atoms with van der Waals surface area (Å²) in [7, 11) is 0. The minimum atomic E-state index is -0.539. The summed E-state index contributed by atoms with van der Waals surface area (Å²) in [6.45, 7) is 5.16. The Bertz CT molecular complexity index is 538. The number of esters is 1. The summed E-state index contributed by atoms with van der Waals surface area (Å²) in [6.07, 6.45) is 34.5. The largest absolute Gasteiger partial charge is 0.457 e. The fourth-order valence-corrected chi connectivity index (χ4v) is 3.99. The maximum Gasteiger partial charge on any atom is 0.306 e. The molecule has 0 bridgehead atoms. The number of rotatable bonds is 27. The van der Waals surface area contributed by atoms with Crippen molar-refractivity contribution in [3.63, 3.8) is 0 Å². The number of hydrogen-bond acceptors (Lipinski definition) is 4. The van der Waals surface area contributed by atoms with Crippen LogP contribution in [0.4, 0.5) is 0 Å². The van der Waals surface area contributed by atoms with E-state index in [1.54, 1.807) is 0 Å². The van der Waals surface area contributed by atoms with Crippen molar-refractivity contribution >= 4 is 5.97 Å². The molecule has 0 rings (SSSR count). The van der Waals surface area contributed by atoms with E-state index in [1.165, 1.54) is 64.2 Å². The number of aliphatic hydroxyl groups is 1. The van der Waals surface area contributed by atoms with Gasteiger partial charge in [-0.25, -0.2) is 0 Å². The average molecular weight is 507 g/mol. The Morgan fingerprint density at radius 1 is 0.694 bits per heavy atom. The van der Waals surface area contributed by atoms with Gasteiger partial charge in [0.05, 0.1) is 13.2 Å². The van der Waals surface area contributed by atoms with Crippen LogP contribution >= 0.6 is 0 Å². The molecule has 0 aliphatic rings. The van der Waals surface area contributed by atoms with Gasteiger partial charge < -0.3 is 14.6 Å². The third kappa shape index (κ3) is 27.2. The smallest absolute Gasteiger partial charge is 0.306 e. The minimum Gasteiger partial charge on any atom is -0.457 e. The Morgan fingerprint density at radius 3 is 1.89 bits per heavy atom. The predicted molar refractivity (Wildman–Crippen MR) is 154 cm³/mol. The van der Waals surface area contributed by atoms with Gasteiger partial charge in [-0.3, -0.25) is 4.79 Å². The standard InChI is InChI=1S/C32H58O4/c1-3-5-7-9-11-13-15-16-17-18-20-22-24-26-28-35-30-31(29-33)36-32(34)27-25-23-21-19-14-12-10-8-6-4-2/h5,7,11,13,16-17,31,33H,3-4,6,8-10,12,14-15,18-30H2,1-2H3/b7-5-,13-11-,17-16-. The van der Waals surface area contributed by atoms with E-state index in [4.69, 9.17) is 9.47 Å². The lowest BCUT2D eigenvalue weighted by Crippen LogP contribution is -2.27. The van der Waals surface area contributed by atoms with Crippen LogP contribution in [0.15, 0.2) is 36.5 Å². The zero-order chi connectivity index (χ0) is 26.4. The second-order valence-corrected chi connectivity index (χ2v) is 9.80. The third-order valence-electron chi connectivity index (χ3n) is 6.23. The lowest BCUT2D eigenvalue weighted by molar-refractivity contribution is -0.154. The molecule has 0 aliphatic carbocycles. The quantitative estimate of drug-likeness (QED) is 0.0686. The molecule has 1 N–H and O–H groups in total. The molecule has 36 heavy (non-hydrogen) atoms. The topological polar surface area (TPSA) is 55.8 Å². The van der Waals surface area contributed by atoms with E-state index in [0.29, 0.717) is 13.0 Å². The van der Waals surface area contributed by atoms with Crippen molar-refractivity contribution in [1.82, 2.24) is 0 Å². The van der Waals surface area contributed by atoms with E-state index in [0.717, 1.165) is 51.4 Å². The molecule has 0 radical (unpaired) electrons. The van der Waals surface area contributed by atoms with E-state index in [9.17, 15) is 9.90 Å². The highest BCUT2D eigenvalue weighted by molar-refractivity contribution is 5.69. The summed E-state index contributed by atoms with van der Waals surface area (Å²) >= 11 is 0. The Labute approximate surface area is 223 Å². The first kappa shape index (κ1) is 34.6. The van der Waals surface area contributed by atoms with Crippen LogP contribution in [-0.2, 0) is 14.3 Å². The first-order chi connectivity index (χ1) is 17.7. The summed E-state index contributed by atoms with van der Waals surface area (Å²) in [4.78, 5) is 12.0. The second-order valence-electron chi connectivity index (χ2n) is 9.80. The molecular formula is C32H58O4. The molecule has 0 saturated heterocycles. The summed E-state index contributed by atoms with van der Waals surface area (Å²) in [5.41, 5.74) is 0. The molecule has 0 saturated carbocycles. The van der Waals surface area contributed by atoms with E-state index in [1.807, 2.05) is 0 Å². The van der Waals surface area contributed by atoms with Crippen molar-refractivity contribution in [2.45, 2.75) is 142 Å². The number of unbranched alkanes of at least 4 members (excludes halogenated alkanes) is 13. The van der Waals surface area contributed by atoms with Gasteiger partial charge in [-0.2, -0.15) is 0 Å². The van der Waals surface area contributed by atoms with E-state index >= 15 is 0 Å².